The molecule has 0 radical (unpaired) electrons. The van der Waals surface area contributed by atoms with Crippen molar-refractivity contribution in [1.29, 1.82) is 0 Å². The van der Waals surface area contributed by atoms with Crippen molar-refractivity contribution < 1.29 is 23.1 Å². The monoisotopic (exact) mass is 440 g/mol. The number of carboxylic acid groups (broad SMARTS) is 1. The zero-order valence-corrected chi connectivity index (χ0v) is 17.4. The van der Waals surface area contributed by atoms with Gasteiger partial charge >= 0.3 is 5.97 Å². The molecule has 0 spiro atoms. The first-order chi connectivity index (χ1) is 14.9. The molecule has 0 amide bonds. The van der Waals surface area contributed by atoms with Crippen LogP contribution in [0.15, 0.2) is 47.6 Å². The summed E-state index contributed by atoms with van der Waals surface area (Å²) < 4.78 is 32.3. The molecule has 0 saturated carbocycles. The average Bonchev–Trinajstić information content (AvgIpc) is 3.14. The van der Waals surface area contributed by atoms with Gasteiger partial charge in [-0.2, -0.15) is 5.10 Å². The standard InChI is InChI=1S/C21H20N4O5S/c26-21(27)18-17-13-31(28,29)20-16(2-1-7-22-20)19(17)25(23-18)15-5-3-14(4-6-15)12-24-8-10-30-11-9-24/h1-7H,8-13H2,(H,26,27). The molecule has 2 aliphatic heterocycles. The van der Waals surface area contributed by atoms with Crippen molar-refractivity contribution in [3.05, 3.63) is 59.4 Å². The number of benzene rings is 1. The van der Waals surface area contributed by atoms with Crippen LogP contribution in [0.2, 0.25) is 0 Å². The second kappa shape index (κ2) is 7.56. The third-order valence-corrected chi connectivity index (χ3v) is 7.12. The molecule has 4 heterocycles. The van der Waals surface area contributed by atoms with Crippen LogP contribution in [0.1, 0.15) is 21.6 Å². The van der Waals surface area contributed by atoms with Crippen LogP contribution in [0.3, 0.4) is 0 Å². The van der Waals surface area contributed by atoms with E-state index in [-0.39, 0.29) is 16.3 Å². The van der Waals surface area contributed by atoms with E-state index in [1.54, 1.807) is 12.1 Å². The van der Waals surface area contributed by atoms with Crippen molar-refractivity contribution in [3.8, 4) is 16.9 Å². The summed E-state index contributed by atoms with van der Waals surface area (Å²) in [5.74, 6) is -1.70. The highest BCUT2D eigenvalue weighted by atomic mass is 32.2. The van der Waals surface area contributed by atoms with Crippen molar-refractivity contribution in [3.63, 3.8) is 0 Å². The quantitative estimate of drug-likeness (QED) is 0.653. The molecule has 3 aromatic rings. The second-order valence-corrected chi connectivity index (χ2v) is 9.47. The summed E-state index contributed by atoms with van der Waals surface area (Å²) in [7, 11) is -3.75. The number of rotatable bonds is 4. The molecule has 2 aromatic heterocycles. The Bertz CT molecular complexity index is 1260. The van der Waals surface area contributed by atoms with Crippen LogP contribution in [0.25, 0.3) is 16.9 Å². The first-order valence-corrected chi connectivity index (χ1v) is 11.5. The van der Waals surface area contributed by atoms with E-state index in [2.05, 4.69) is 15.0 Å². The Kier molecular flexibility index (Phi) is 4.84. The molecule has 1 N–H and O–H groups in total. The molecule has 1 saturated heterocycles. The van der Waals surface area contributed by atoms with E-state index >= 15 is 0 Å². The van der Waals surface area contributed by atoms with E-state index in [9.17, 15) is 18.3 Å². The molecule has 31 heavy (non-hydrogen) atoms. The molecular weight excluding hydrogens is 420 g/mol. The van der Waals surface area contributed by atoms with Crippen molar-refractivity contribution in [2.75, 3.05) is 26.3 Å². The maximum absolute atomic E-state index is 12.7. The highest BCUT2D eigenvalue weighted by Gasteiger charge is 2.36. The van der Waals surface area contributed by atoms with Gasteiger partial charge in [-0.15, -0.1) is 0 Å². The van der Waals surface area contributed by atoms with Crippen molar-refractivity contribution in [2.45, 2.75) is 17.3 Å². The fourth-order valence-corrected chi connectivity index (χ4v) is 5.57. The Morgan fingerprint density at radius 3 is 2.58 bits per heavy atom. The maximum atomic E-state index is 12.7. The molecule has 9 nitrogen and oxygen atoms in total. The van der Waals surface area contributed by atoms with Gasteiger partial charge in [-0.25, -0.2) is 22.9 Å². The van der Waals surface area contributed by atoms with Crippen LogP contribution >= 0.6 is 0 Å². The Morgan fingerprint density at radius 1 is 1.13 bits per heavy atom. The first-order valence-electron chi connectivity index (χ1n) is 9.87. The first kappa shape index (κ1) is 19.9. The van der Waals surface area contributed by atoms with Crippen LogP contribution in [0, 0.1) is 0 Å². The number of carbonyl (C=O) groups is 1. The lowest BCUT2D eigenvalue weighted by atomic mass is 10.1. The number of fused-ring (bicyclic) bond motifs is 3. The average molecular weight is 440 g/mol. The minimum Gasteiger partial charge on any atom is -0.476 e. The number of aromatic carboxylic acids is 1. The molecule has 1 fully saturated rings. The van der Waals surface area contributed by atoms with Gasteiger partial charge in [0, 0.05) is 37.0 Å². The Morgan fingerprint density at radius 2 is 1.87 bits per heavy atom. The van der Waals surface area contributed by atoms with Gasteiger partial charge in [0.05, 0.1) is 30.3 Å². The van der Waals surface area contributed by atoms with Gasteiger partial charge in [-0.05, 0) is 29.8 Å². The molecular formula is C21H20N4O5S. The van der Waals surface area contributed by atoms with Crippen LogP contribution in [0.4, 0.5) is 0 Å². The molecule has 0 aliphatic carbocycles. The van der Waals surface area contributed by atoms with Gasteiger partial charge < -0.3 is 9.84 Å². The Balaban J connectivity index is 1.58. The lowest BCUT2D eigenvalue weighted by molar-refractivity contribution is 0.0342. The number of nitrogens with zero attached hydrogens (tertiary/aromatic N) is 4. The number of ether oxygens (including phenoxy) is 1. The van der Waals surface area contributed by atoms with E-state index < -0.39 is 21.6 Å². The highest BCUT2D eigenvalue weighted by molar-refractivity contribution is 7.90. The van der Waals surface area contributed by atoms with E-state index in [0.717, 1.165) is 38.4 Å². The van der Waals surface area contributed by atoms with E-state index in [1.807, 2.05) is 24.3 Å². The van der Waals surface area contributed by atoms with Gasteiger partial charge in [-0.3, -0.25) is 4.90 Å². The summed E-state index contributed by atoms with van der Waals surface area (Å²) in [6.45, 7) is 4.02. The molecule has 0 bridgehead atoms. The van der Waals surface area contributed by atoms with Crippen LogP contribution in [0.5, 0.6) is 0 Å². The normalized spacial score (nSPS) is 17.7. The number of morpholine rings is 1. The Labute approximate surface area is 178 Å². The van der Waals surface area contributed by atoms with Crippen LogP contribution in [-0.4, -0.2) is 65.5 Å². The smallest absolute Gasteiger partial charge is 0.356 e. The van der Waals surface area contributed by atoms with Crippen molar-refractivity contribution >= 4 is 15.8 Å². The van der Waals surface area contributed by atoms with E-state index in [0.29, 0.717) is 16.9 Å². The number of aromatic nitrogens is 3. The largest absolute Gasteiger partial charge is 0.476 e. The van der Waals surface area contributed by atoms with Crippen molar-refractivity contribution in [2.24, 2.45) is 0 Å². The van der Waals surface area contributed by atoms with Gasteiger partial charge in [0.25, 0.3) is 0 Å². The topological polar surface area (TPSA) is 115 Å². The third-order valence-electron chi connectivity index (χ3n) is 5.53. The lowest BCUT2D eigenvalue weighted by Gasteiger charge is -2.26. The minimum absolute atomic E-state index is 0.0514. The predicted molar refractivity (Wildman–Crippen MR) is 111 cm³/mol. The van der Waals surface area contributed by atoms with E-state index in [1.165, 1.54) is 10.9 Å². The fourth-order valence-electron chi connectivity index (χ4n) is 4.06. The summed E-state index contributed by atoms with van der Waals surface area (Å²) in [4.78, 5) is 18.2. The molecule has 160 valence electrons. The van der Waals surface area contributed by atoms with Crippen LogP contribution in [-0.2, 0) is 26.9 Å². The summed E-state index contributed by atoms with van der Waals surface area (Å²) in [5, 5.41) is 13.9. The summed E-state index contributed by atoms with van der Waals surface area (Å²) in [5.41, 5.74) is 2.52. The number of pyridine rings is 1. The maximum Gasteiger partial charge on any atom is 0.356 e. The zero-order chi connectivity index (χ0) is 21.6. The Hall–Kier alpha value is -3.08. The fraction of sp³-hybridized carbons (Fsp3) is 0.286. The molecule has 0 atom stereocenters. The number of hydrogen-bond acceptors (Lipinski definition) is 7. The minimum atomic E-state index is -3.75. The molecule has 1 aromatic carbocycles. The zero-order valence-electron chi connectivity index (χ0n) is 16.6. The number of sulfone groups is 1. The third kappa shape index (κ3) is 3.52. The summed E-state index contributed by atoms with van der Waals surface area (Å²) in [6, 6.07) is 11.0. The number of hydrogen-bond donors (Lipinski definition) is 1. The molecule has 0 unspecified atom stereocenters. The van der Waals surface area contributed by atoms with Gasteiger partial charge in [0.1, 0.15) is 0 Å². The second-order valence-electron chi connectivity index (χ2n) is 7.56. The SMILES string of the molecule is O=C(O)c1nn(-c2ccc(CN3CCOCC3)cc2)c2c1CS(=O)(=O)c1ncccc1-2. The van der Waals surface area contributed by atoms with E-state index in [4.69, 9.17) is 4.74 Å². The molecule has 10 heteroatoms. The predicted octanol–water partition coefficient (Wildman–Crippen LogP) is 1.75. The molecule has 2 aliphatic rings. The van der Waals surface area contributed by atoms with Crippen molar-refractivity contribution in [1.82, 2.24) is 19.7 Å². The van der Waals surface area contributed by atoms with Gasteiger partial charge in [0.2, 0.25) is 9.84 Å². The summed E-state index contributed by atoms with van der Waals surface area (Å²) in [6.07, 6.45) is 1.42. The number of carboxylic acids is 1. The van der Waals surface area contributed by atoms with Crippen LogP contribution < -0.4 is 0 Å². The lowest BCUT2D eigenvalue weighted by Crippen LogP contribution is -2.35. The highest BCUT2D eigenvalue weighted by Crippen LogP contribution is 2.39. The van der Waals surface area contributed by atoms with Gasteiger partial charge in [-0.1, -0.05) is 12.1 Å². The van der Waals surface area contributed by atoms with Gasteiger partial charge in [0.15, 0.2) is 10.7 Å². The summed E-state index contributed by atoms with van der Waals surface area (Å²) >= 11 is 0. The molecule has 5 rings (SSSR count).